The fourth-order valence-electron chi connectivity index (χ4n) is 2.26. The topological polar surface area (TPSA) is 50.3 Å². The highest BCUT2D eigenvalue weighted by Gasteiger charge is 2.44. The number of hydrogen-bond acceptors (Lipinski definition) is 4. The van der Waals surface area contributed by atoms with E-state index < -0.39 is 28.1 Å². The Kier molecular flexibility index (Phi) is 4.71. The fourth-order valence-corrected chi connectivity index (χ4v) is 4.05. The summed E-state index contributed by atoms with van der Waals surface area (Å²) in [6.07, 6.45) is -4.03. The van der Waals surface area contributed by atoms with Crippen molar-refractivity contribution in [1.82, 2.24) is 10.2 Å². The molecule has 130 valence electrons. The van der Waals surface area contributed by atoms with Gasteiger partial charge in [-0.3, -0.25) is 5.10 Å². The lowest BCUT2D eigenvalue weighted by Crippen LogP contribution is -2.22. The van der Waals surface area contributed by atoms with E-state index in [1.807, 2.05) is 34.6 Å². The molecule has 0 fully saturated rings. The predicted molar refractivity (Wildman–Crippen MR) is 85.6 cm³/mol. The lowest BCUT2D eigenvalue weighted by atomic mass is 9.87. The van der Waals surface area contributed by atoms with Crippen LogP contribution in [0.2, 0.25) is 5.15 Å². The maximum Gasteiger partial charge on any atom is 0.435 e. The van der Waals surface area contributed by atoms with Crippen LogP contribution in [-0.4, -0.2) is 20.8 Å². The summed E-state index contributed by atoms with van der Waals surface area (Å²) in [5.74, 6) is 0. The molecule has 0 spiro atoms. The largest absolute Gasteiger partial charge is 0.435 e. The van der Waals surface area contributed by atoms with Crippen molar-refractivity contribution in [2.45, 2.75) is 58.1 Å². The molecule has 9 heteroatoms. The Morgan fingerprint density at radius 3 is 2.35 bits per heavy atom. The molecule has 0 aliphatic carbocycles. The second-order valence-electron chi connectivity index (χ2n) is 7.17. The van der Waals surface area contributed by atoms with Gasteiger partial charge in [-0.25, -0.2) is 0 Å². The summed E-state index contributed by atoms with van der Waals surface area (Å²) < 4.78 is 39.7. The summed E-state index contributed by atoms with van der Waals surface area (Å²) in [6.45, 7) is 9.32. The van der Waals surface area contributed by atoms with E-state index in [0.29, 0.717) is 11.5 Å². The van der Waals surface area contributed by atoms with Crippen molar-refractivity contribution in [3.8, 4) is 0 Å². The molecule has 0 saturated carbocycles. The van der Waals surface area contributed by atoms with Gasteiger partial charge in [0.15, 0.2) is 5.69 Å². The van der Waals surface area contributed by atoms with E-state index in [1.54, 1.807) is 0 Å². The number of nitrogens with zero attached hydrogens (tertiary/aromatic N) is 2. The van der Waals surface area contributed by atoms with E-state index in [4.69, 9.17) is 16.4 Å². The SMILES string of the molecule is CC1(C)CC(SC(c2c(C(F)(F)F)n[nH]c2Cl)C(C)(C)C)=NO1. The van der Waals surface area contributed by atoms with E-state index >= 15 is 0 Å². The zero-order chi connectivity index (χ0) is 17.6. The first-order valence-corrected chi connectivity index (χ1v) is 8.30. The zero-order valence-corrected chi connectivity index (χ0v) is 15.1. The Labute approximate surface area is 142 Å². The summed E-state index contributed by atoms with van der Waals surface area (Å²) in [4.78, 5) is 5.30. The number of hydrogen-bond donors (Lipinski definition) is 1. The first-order chi connectivity index (χ1) is 10.3. The third-order valence-electron chi connectivity index (χ3n) is 3.30. The maximum absolute atomic E-state index is 13.2. The fraction of sp³-hybridized carbons (Fsp3) is 0.714. The minimum absolute atomic E-state index is 0.0379. The van der Waals surface area contributed by atoms with E-state index in [0.717, 1.165) is 0 Å². The molecule has 23 heavy (non-hydrogen) atoms. The summed E-state index contributed by atoms with van der Waals surface area (Å²) in [6, 6.07) is 0. The first-order valence-electron chi connectivity index (χ1n) is 7.04. The average molecular weight is 370 g/mol. The standard InChI is InChI=1S/C14H19ClF3N3OS/c1-12(2,3)10(23-7-6-13(4,5)22-21-7)8-9(14(16,17)18)19-20-11(8)15/h10H,6H2,1-5H3,(H,19,20). The van der Waals surface area contributed by atoms with Crippen molar-refractivity contribution in [2.75, 3.05) is 0 Å². The lowest BCUT2D eigenvalue weighted by Gasteiger charge is -2.30. The molecular weight excluding hydrogens is 351 g/mol. The van der Waals surface area contributed by atoms with Crippen LogP contribution in [0.15, 0.2) is 5.16 Å². The minimum Gasteiger partial charge on any atom is -0.389 e. The van der Waals surface area contributed by atoms with Crippen molar-refractivity contribution in [1.29, 1.82) is 0 Å². The smallest absolute Gasteiger partial charge is 0.389 e. The number of aromatic amines is 1. The number of aromatic nitrogens is 2. The molecule has 0 radical (unpaired) electrons. The van der Waals surface area contributed by atoms with Crippen LogP contribution < -0.4 is 0 Å². The average Bonchev–Trinajstić information content (AvgIpc) is 2.87. The van der Waals surface area contributed by atoms with Crippen molar-refractivity contribution in [3.05, 3.63) is 16.4 Å². The van der Waals surface area contributed by atoms with Crippen LogP contribution in [0.4, 0.5) is 13.2 Å². The molecular formula is C14H19ClF3N3OS. The number of H-pyrrole nitrogens is 1. The van der Waals surface area contributed by atoms with Crippen molar-refractivity contribution >= 4 is 28.4 Å². The highest BCUT2D eigenvalue weighted by Crippen LogP contribution is 2.51. The van der Waals surface area contributed by atoms with Crippen molar-refractivity contribution in [2.24, 2.45) is 10.6 Å². The second-order valence-corrected chi connectivity index (χ2v) is 8.73. The van der Waals surface area contributed by atoms with Gasteiger partial charge in [0.25, 0.3) is 0 Å². The molecule has 0 saturated heterocycles. The number of rotatable bonds is 2. The molecule has 2 heterocycles. The number of halogens is 4. The highest BCUT2D eigenvalue weighted by molar-refractivity contribution is 8.14. The van der Waals surface area contributed by atoms with E-state index in [-0.39, 0.29) is 10.7 Å². The lowest BCUT2D eigenvalue weighted by molar-refractivity contribution is -0.141. The van der Waals surface area contributed by atoms with Crippen LogP contribution in [0.25, 0.3) is 0 Å². The summed E-state index contributed by atoms with van der Waals surface area (Å²) in [5, 5.41) is 9.60. The normalized spacial score (nSPS) is 19.4. The van der Waals surface area contributed by atoms with Crippen molar-refractivity contribution in [3.63, 3.8) is 0 Å². The summed E-state index contributed by atoms with van der Waals surface area (Å²) in [5.41, 5.74) is -1.96. The molecule has 0 aromatic carbocycles. The summed E-state index contributed by atoms with van der Waals surface area (Å²) >= 11 is 7.24. The number of oxime groups is 1. The molecule has 1 N–H and O–H groups in total. The van der Waals surface area contributed by atoms with Gasteiger partial charge >= 0.3 is 6.18 Å². The zero-order valence-electron chi connectivity index (χ0n) is 13.5. The molecule has 1 unspecified atom stereocenters. The molecule has 0 amide bonds. The molecule has 1 aromatic rings. The molecule has 1 aliphatic heterocycles. The van der Waals surface area contributed by atoms with E-state index in [2.05, 4.69) is 15.4 Å². The predicted octanol–water partition coefficient (Wildman–Crippen LogP) is 5.41. The highest BCUT2D eigenvalue weighted by atomic mass is 35.5. The van der Waals surface area contributed by atoms with Gasteiger partial charge in [0, 0.05) is 17.2 Å². The molecule has 1 aromatic heterocycles. The van der Waals surface area contributed by atoms with Gasteiger partial charge in [-0.05, 0) is 19.3 Å². The van der Waals surface area contributed by atoms with Gasteiger partial charge in [0.1, 0.15) is 15.8 Å². The minimum atomic E-state index is -4.57. The number of alkyl halides is 3. The first kappa shape index (κ1) is 18.4. The van der Waals surface area contributed by atoms with E-state index in [1.165, 1.54) is 11.8 Å². The molecule has 1 atom stereocenters. The third kappa shape index (κ3) is 4.15. The molecule has 4 nitrogen and oxygen atoms in total. The van der Waals surface area contributed by atoms with Crippen LogP contribution in [0.3, 0.4) is 0 Å². The van der Waals surface area contributed by atoms with Gasteiger partial charge in [0.2, 0.25) is 0 Å². The van der Waals surface area contributed by atoms with E-state index in [9.17, 15) is 13.2 Å². The Hall–Kier alpha value is -0.890. The number of nitrogens with one attached hydrogen (secondary N) is 1. The molecule has 0 bridgehead atoms. The van der Waals surface area contributed by atoms with Crippen LogP contribution >= 0.6 is 23.4 Å². The quantitative estimate of drug-likeness (QED) is 0.757. The van der Waals surface area contributed by atoms with Crippen LogP contribution in [-0.2, 0) is 11.0 Å². The van der Waals surface area contributed by atoms with Crippen LogP contribution in [0, 0.1) is 5.41 Å². The van der Waals surface area contributed by atoms with Gasteiger partial charge in [-0.2, -0.15) is 18.3 Å². The second kappa shape index (κ2) is 5.88. The maximum atomic E-state index is 13.2. The van der Waals surface area contributed by atoms with Gasteiger partial charge in [0.05, 0.1) is 0 Å². The summed E-state index contributed by atoms with van der Waals surface area (Å²) in [7, 11) is 0. The van der Waals surface area contributed by atoms with Crippen molar-refractivity contribution < 1.29 is 18.0 Å². The van der Waals surface area contributed by atoms with Crippen LogP contribution in [0.5, 0.6) is 0 Å². The van der Waals surface area contributed by atoms with Crippen LogP contribution in [0.1, 0.15) is 57.5 Å². The van der Waals surface area contributed by atoms with Gasteiger partial charge in [-0.1, -0.05) is 49.3 Å². The third-order valence-corrected chi connectivity index (χ3v) is 5.26. The Morgan fingerprint density at radius 2 is 1.91 bits per heavy atom. The molecule has 1 aliphatic rings. The van der Waals surface area contributed by atoms with Gasteiger partial charge < -0.3 is 4.84 Å². The monoisotopic (exact) mass is 369 g/mol. The number of thioether (sulfide) groups is 1. The Bertz CT molecular complexity index is 620. The van der Waals surface area contributed by atoms with Gasteiger partial charge in [-0.15, -0.1) is 0 Å². The molecule has 2 rings (SSSR count). The Balaban J connectivity index is 2.40. The Morgan fingerprint density at radius 1 is 1.30 bits per heavy atom.